The molecule has 0 spiro atoms. The smallest absolute Gasteiger partial charge is 1.00 e. The number of rotatable bonds is 6. The molecule has 0 atom stereocenters. The zero-order valence-corrected chi connectivity index (χ0v) is 10.7. The van der Waals surface area contributed by atoms with Crippen LogP contribution in [0.2, 0.25) is 0 Å². The number of allylic oxidation sites excluding steroid dienone is 2. The Kier molecular flexibility index (Phi) is 14.6. The Morgan fingerprint density at radius 2 is 2.00 bits per heavy atom. The van der Waals surface area contributed by atoms with Gasteiger partial charge < -0.3 is 6.53 Å². The molecule has 0 aromatic rings. The van der Waals surface area contributed by atoms with E-state index in [9.17, 15) is 4.79 Å². The number of aliphatic carboxylic acids is 1. The van der Waals surface area contributed by atoms with Crippen molar-refractivity contribution in [3.63, 3.8) is 0 Å². The van der Waals surface area contributed by atoms with Gasteiger partial charge in [-0.2, -0.15) is 0 Å². The molecule has 0 saturated heterocycles. The summed E-state index contributed by atoms with van der Waals surface area (Å²) in [6, 6.07) is 0. The van der Waals surface area contributed by atoms with Crippen LogP contribution in [0.5, 0.6) is 0 Å². The van der Waals surface area contributed by atoms with Crippen LogP contribution in [0.3, 0.4) is 0 Å². The molecule has 0 unspecified atom stereocenters. The van der Waals surface area contributed by atoms with Crippen LogP contribution in [0.15, 0.2) is 24.8 Å². The molecule has 2 nitrogen and oxygen atoms in total. The standard InChI is InChI=1S/C9H14O2.K.H/c1-2-3-4-5-6-7-8-9(10)11;;/h2,7-8H,1,3-6H2,(H,10,11);;/q;+1;-1. The van der Waals surface area contributed by atoms with Crippen LogP contribution in [-0.4, -0.2) is 11.1 Å². The predicted molar refractivity (Wildman–Crippen MR) is 46.6 cm³/mol. The summed E-state index contributed by atoms with van der Waals surface area (Å²) in [4.78, 5) is 9.99. The Morgan fingerprint density at radius 3 is 2.50 bits per heavy atom. The van der Waals surface area contributed by atoms with Crippen molar-refractivity contribution >= 4 is 5.97 Å². The molecule has 0 rings (SSSR count). The number of unbranched alkanes of at least 4 members (excludes halogenated alkanes) is 3. The minimum atomic E-state index is -0.867. The van der Waals surface area contributed by atoms with Crippen LogP contribution in [-0.2, 0) is 4.79 Å². The molecule has 0 radical (unpaired) electrons. The van der Waals surface area contributed by atoms with Crippen molar-refractivity contribution in [2.24, 2.45) is 0 Å². The second-order valence-electron chi connectivity index (χ2n) is 2.31. The summed E-state index contributed by atoms with van der Waals surface area (Å²) < 4.78 is 0. The summed E-state index contributed by atoms with van der Waals surface area (Å²) in [5.74, 6) is -0.867. The second kappa shape index (κ2) is 11.6. The predicted octanol–water partition coefficient (Wildman–Crippen LogP) is -0.510. The van der Waals surface area contributed by atoms with Crippen LogP contribution in [0.1, 0.15) is 27.1 Å². The number of hydrogen-bond acceptors (Lipinski definition) is 1. The monoisotopic (exact) mass is 194 g/mol. The fraction of sp³-hybridized carbons (Fsp3) is 0.444. The first-order chi connectivity index (χ1) is 5.27. The van der Waals surface area contributed by atoms with E-state index >= 15 is 0 Å². The molecule has 64 valence electrons. The summed E-state index contributed by atoms with van der Waals surface area (Å²) >= 11 is 0. The minimum Gasteiger partial charge on any atom is -1.00 e. The SMILES string of the molecule is C=CCCCCC=CC(=O)O.[H-].[K+]. The zero-order valence-electron chi connectivity index (χ0n) is 8.62. The van der Waals surface area contributed by atoms with Gasteiger partial charge in [-0.25, -0.2) is 4.79 Å². The molecule has 0 aliphatic heterocycles. The topological polar surface area (TPSA) is 37.3 Å². The van der Waals surface area contributed by atoms with Crippen molar-refractivity contribution in [1.29, 1.82) is 0 Å². The van der Waals surface area contributed by atoms with E-state index in [0.717, 1.165) is 25.7 Å². The molecule has 0 fully saturated rings. The van der Waals surface area contributed by atoms with Crippen molar-refractivity contribution in [1.82, 2.24) is 0 Å². The quantitative estimate of drug-likeness (QED) is 0.268. The number of carboxylic acid groups (broad SMARTS) is 1. The van der Waals surface area contributed by atoms with Crippen LogP contribution >= 0.6 is 0 Å². The molecule has 0 heterocycles. The van der Waals surface area contributed by atoms with Crippen LogP contribution in [0.4, 0.5) is 0 Å². The summed E-state index contributed by atoms with van der Waals surface area (Å²) in [5.41, 5.74) is 0. The zero-order chi connectivity index (χ0) is 8.53. The van der Waals surface area contributed by atoms with E-state index in [0.29, 0.717) is 0 Å². The van der Waals surface area contributed by atoms with Gasteiger partial charge in [0, 0.05) is 6.08 Å². The molecular weight excluding hydrogens is 179 g/mol. The van der Waals surface area contributed by atoms with Gasteiger partial charge in [0.15, 0.2) is 0 Å². The van der Waals surface area contributed by atoms with Crippen LogP contribution < -0.4 is 51.4 Å². The van der Waals surface area contributed by atoms with Crippen molar-refractivity contribution in [3.05, 3.63) is 24.8 Å². The first-order valence-corrected chi connectivity index (χ1v) is 3.77. The Labute approximate surface area is 118 Å². The summed E-state index contributed by atoms with van der Waals surface area (Å²) in [7, 11) is 0. The average molecular weight is 194 g/mol. The number of carboxylic acids is 1. The third-order valence-electron chi connectivity index (χ3n) is 1.29. The largest absolute Gasteiger partial charge is 1.00 e. The maximum atomic E-state index is 9.99. The average Bonchev–Trinajstić information content (AvgIpc) is 1.96. The van der Waals surface area contributed by atoms with Crippen LogP contribution in [0, 0.1) is 0 Å². The Morgan fingerprint density at radius 1 is 1.42 bits per heavy atom. The maximum absolute atomic E-state index is 9.99. The van der Waals surface area contributed by atoms with Gasteiger partial charge >= 0.3 is 57.4 Å². The molecule has 1 N–H and O–H groups in total. The molecule has 0 aromatic heterocycles. The minimum absolute atomic E-state index is 0. The van der Waals surface area contributed by atoms with E-state index < -0.39 is 5.97 Å². The van der Waals surface area contributed by atoms with Gasteiger partial charge in [0.25, 0.3) is 0 Å². The van der Waals surface area contributed by atoms with Crippen molar-refractivity contribution in [2.75, 3.05) is 0 Å². The van der Waals surface area contributed by atoms with Gasteiger partial charge in [0.2, 0.25) is 0 Å². The number of hydrogen-bond donors (Lipinski definition) is 1. The normalized spacial score (nSPS) is 9.33. The van der Waals surface area contributed by atoms with E-state index in [1.54, 1.807) is 6.08 Å². The van der Waals surface area contributed by atoms with Crippen molar-refractivity contribution < 1.29 is 62.7 Å². The Balaban J connectivity index is -0.000000500. The van der Waals surface area contributed by atoms with Gasteiger partial charge in [-0.3, -0.25) is 0 Å². The van der Waals surface area contributed by atoms with Gasteiger partial charge in [0.1, 0.15) is 0 Å². The van der Waals surface area contributed by atoms with E-state index in [1.807, 2.05) is 6.08 Å². The van der Waals surface area contributed by atoms with E-state index in [2.05, 4.69) is 6.58 Å². The molecule has 3 heteroatoms. The first kappa shape index (κ1) is 15.1. The molecule has 0 bridgehead atoms. The first-order valence-electron chi connectivity index (χ1n) is 3.77. The summed E-state index contributed by atoms with van der Waals surface area (Å²) in [5, 5.41) is 8.21. The molecule has 0 saturated carbocycles. The third kappa shape index (κ3) is 13.2. The van der Waals surface area contributed by atoms with Gasteiger partial charge in [-0.15, -0.1) is 6.58 Å². The molecule has 0 aromatic carbocycles. The molecule has 0 aliphatic carbocycles. The fourth-order valence-electron chi connectivity index (χ4n) is 0.735. The van der Waals surface area contributed by atoms with Gasteiger partial charge in [0.05, 0.1) is 0 Å². The van der Waals surface area contributed by atoms with Gasteiger partial charge in [-0.1, -0.05) is 12.2 Å². The van der Waals surface area contributed by atoms with E-state index in [-0.39, 0.29) is 52.8 Å². The third-order valence-corrected chi connectivity index (χ3v) is 1.29. The van der Waals surface area contributed by atoms with Gasteiger partial charge in [-0.05, 0) is 25.7 Å². The van der Waals surface area contributed by atoms with Crippen molar-refractivity contribution in [2.45, 2.75) is 25.7 Å². The molecule has 0 amide bonds. The fourth-order valence-corrected chi connectivity index (χ4v) is 0.735. The second-order valence-corrected chi connectivity index (χ2v) is 2.31. The summed E-state index contributed by atoms with van der Waals surface area (Å²) in [6.07, 6.45) is 8.74. The van der Waals surface area contributed by atoms with E-state index in [1.165, 1.54) is 6.08 Å². The Hall–Kier alpha value is 0.586. The Bertz CT molecular complexity index is 158. The van der Waals surface area contributed by atoms with Crippen LogP contribution in [0.25, 0.3) is 0 Å². The maximum Gasteiger partial charge on any atom is 1.00 e. The number of carbonyl (C=O) groups is 1. The molecular formula is C9H15KO2. The summed E-state index contributed by atoms with van der Waals surface area (Å²) in [6.45, 7) is 3.59. The molecule has 0 aliphatic rings. The van der Waals surface area contributed by atoms with E-state index in [4.69, 9.17) is 5.11 Å². The van der Waals surface area contributed by atoms with Crippen molar-refractivity contribution in [3.8, 4) is 0 Å². The molecule has 12 heavy (non-hydrogen) atoms.